The minimum absolute atomic E-state index is 0.0254. The highest BCUT2D eigenvalue weighted by Gasteiger charge is 2.56. The topological polar surface area (TPSA) is 26.3 Å². The highest BCUT2D eigenvalue weighted by atomic mass is 16.5. The molecule has 2 bridgehead atoms. The van der Waals surface area contributed by atoms with Crippen molar-refractivity contribution in [3.05, 3.63) is 35.9 Å². The van der Waals surface area contributed by atoms with Crippen LogP contribution in [0.3, 0.4) is 0 Å². The molecule has 0 amide bonds. The van der Waals surface area contributed by atoms with Crippen LogP contribution < -0.4 is 0 Å². The lowest BCUT2D eigenvalue weighted by Gasteiger charge is -2.39. The van der Waals surface area contributed by atoms with Crippen LogP contribution in [0.5, 0.6) is 0 Å². The Balaban J connectivity index is 1.79. The highest BCUT2D eigenvalue weighted by molar-refractivity contribution is 5.73. The summed E-state index contributed by atoms with van der Waals surface area (Å²) in [5.41, 5.74) is 1.39. The summed E-state index contributed by atoms with van der Waals surface area (Å²) in [5, 5.41) is 0. The standard InChI is InChI=1S/C17H24NO2/c1-3-20-17(19)16-12-18(10-9-15(16)11-18)13(2)14-7-5-4-6-8-14/h4-8,13,15-16H,3,9-12H2,1-2H3/q+1/t13-,15+,16-,18+/m1/s1. The Morgan fingerprint density at radius 3 is 2.80 bits per heavy atom. The van der Waals surface area contributed by atoms with Crippen molar-refractivity contribution in [3.8, 4) is 0 Å². The lowest BCUT2D eigenvalue weighted by atomic mass is 9.92. The molecule has 2 aliphatic heterocycles. The number of hydrogen-bond donors (Lipinski definition) is 0. The number of carbonyl (C=O) groups is 1. The molecule has 4 atom stereocenters. The molecule has 0 spiro atoms. The fourth-order valence-corrected chi connectivity index (χ4v) is 4.18. The van der Waals surface area contributed by atoms with Crippen molar-refractivity contribution >= 4 is 5.97 Å². The maximum atomic E-state index is 12.1. The zero-order chi connectivity index (χ0) is 14.2. The first-order chi connectivity index (χ1) is 9.66. The van der Waals surface area contributed by atoms with Crippen molar-refractivity contribution in [1.29, 1.82) is 0 Å². The van der Waals surface area contributed by atoms with E-state index in [1.54, 1.807) is 0 Å². The van der Waals surface area contributed by atoms with E-state index in [4.69, 9.17) is 4.74 Å². The molecule has 20 heavy (non-hydrogen) atoms. The van der Waals surface area contributed by atoms with Gasteiger partial charge in [-0.3, -0.25) is 4.79 Å². The maximum absolute atomic E-state index is 12.1. The molecular weight excluding hydrogens is 250 g/mol. The molecule has 0 saturated carbocycles. The van der Waals surface area contributed by atoms with Crippen LogP contribution in [0.1, 0.15) is 31.9 Å². The zero-order valence-corrected chi connectivity index (χ0v) is 12.4. The van der Waals surface area contributed by atoms with Crippen LogP contribution in [-0.2, 0) is 9.53 Å². The summed E-state index contributed by atoms with van der Waals surface area (Å²) in [4.78, 5) is 12.1. The molecule has 2 heterocycles. The molecule has 0 aromatic heterocycles. The molecule has 3 heteroatoms. The number of benzene rings is 1. The van der Waals surface area contributed by atoms with Crippen molar-refractivity contribution in [2.24, 2.45) is 11.8 Å². The van der Waals surface area contributed by atoms with Crippen LogP contribution in [0.15, 0.2) is 30.3 Å². The van der Waals surface area contributed by atoms with E-state index in [-0.39, 0.29) is 11.9 Å². The van der Waals surface area contributed by atoms with Gasteiger partial charge in [0.05, 0.1) is 26.2 Å². The maximum Gasteiger partial charge on any atom is 0.315 e. The number of ether oxygens (including phenoxy) is 1. The fraction of sp³-hybridized carbons (Fsp3) is 0.588. The average Bonchev–Trinajstić information content (AvgIpc) is 3.07. The van der Waals surface area contributed by atoms with E-state index in [2.05, 4.69) is 37.3 Å². The highest BCUT2D eigenvalue weighted by Crippen LogP contribution is 2.46. The van der Waals surface area contributed by atoms with Gasteiger partial charge in [0.25, 0.3) is 0 Å². The van der Waals surface area contributed by atoms with E-state index in [0.717, 1.165) is 17.6 Å². The Hall–Kier alpha value is -1.35. The first-order valence-corrected chi connectivity index (χ1v) is 7.73. The van der Waals surface area contributed by atoms with Crippen molar-refractivity contribution in [1.82, 2.24) is 0 Å². The van der Waals surface area contributed by atoms with Gasteiger partial charge in [-0.15, -0.1) is 0 Å². The van der Waals surface area contributed by atoms with Gasteiger partial charge in [-0.2, -0.15) is 0 Å². The Bertz CT molecular complexity index is 487. The van der Waals surface area contributed by atoms with Crippen molar-refractivity contribution < 1.29 is 14.0 Å². The molecule has 2 fully saturated rings. The van der Waals surface area contributed by atoms with Crippen LogP contribution in [0.25, 0.3) is 0 Å². The van der Waals surface area contributed by atoms with E-state index >= 15 is 0 Å². The quantitative estimate of drug-likeness (QED) is 0.623. The first-order valence-electron chi connectivity index (χ1n) is 7.73. The molecule has 3 nitrogen and oxygen atoms in total. The van der Waals surface area contributed by atoms with Gasteiger partial charge < -0.3 is 9.22 Å². The van der Waals surface area contributed by atoms with Crippen molar-refractivity contribution in [2.75, 3.05) is 26.2 Å². The van der Waals surface area contributed by atoms with E-state index in [1.807, 2.05) is 6.92 Å². The Morgan fingerprint density at radius 1 is 1.35 bits per heavy atom. The molecule has 108 valence electrons. The summed E-state index contributed by atoms with van der Waals surface area (Å²) in [5.74, 6) is 0.674. The van der Waals surface area contributed by atoms with Crippen LogP contribution in [-0.4, -0.2) is 36.7 Å². The second-order valence-corrected chi connectivity index (χ2v) is 6.30. The van der Waals surface area contributed by atoms with Crippen molar-refractivity contribution in [3.63, 3.8) is 0 Å². The molecule has 0 unspecified atom stereocenters. The van der Waals surface area contributed by atoms with E-state index in [1.165, 1.54) is 18.5 Å². The molecule has 1 aromatic rings. The number of hydrogen-bond acceptors (Lipinski definition) is 2. The fourth-order valence-electron chi connectivity index (χ4n) is 4.18. The van der Waals surface area contributed by atoms with Crippen LogP contribution in [0.4, 0.5) is 0 Å². The molecule has 1 aromatic carbocycles. The third-order valence-electron chi connectivity index (χ3n) is 5.37. The van der Waals surface area contributed by atoms with Gasteiger partial charge in [0.15, 0.2) is 0 Å². The Kier molecular flexibility index (Phi) is 3.55. The average molecular weight is 274 g/mol. The van der Waals surface area contributed by atoms with Gasteiger partial charge in [-0.05, 0) is 13.8 Å². The van der Waals surface area contributed by atoms with Crippen LogP contribution in [0.2, 0.25) is 0 Å². The first kappa shape index (κ1) is 13.6. The third kappa shape index (κ3) is 2.14. The molecule has 3 rings (SSSR count). The lowest BCUT2D eigenvalue weighted by Crippen LogP contribution is -2.48. The summed E-state index contributed by atoms with van der Waals surface area (Å²) in [7, 11) is 0. The molecule has 0 aliphatic carbocycles. The number of esters is 1. The summed E-state index contributed by atoms with van der Waals surface area (Å²) >= 11 is 0. The minimum Gasteiger partial charge on any atom is -0.466 e. The monoisotopic (exact) mass is 274 g/mol. The number of piperidine rings is 1. The van der Waals surface area contributed by atoms with Gasteiger partial charge in [0.2, 0.25) is 0 Å². The van der Waals surface area contributed by atoms with Crippen molar-refractivity contribution in [2.45, 2.75) is 26.3 Å². The van der Waals surface area contributed by atoms with E-state index in [0.29, 0.717) is 18.6 Å². The summed E-state index contributed by atoms with van der Waals surface area (Å²) < 4.78 is 6.33. The van der Waals surface area contributed by atoms with Gasteiger partial charge in [-0.1, -0.05) is 30.3 Å². The number of carbonyl (C=O) groups excluding carboxylic acids is 1. The summed E-state index contributed by atoms with van der Waals surface area (Å²) in [6, 6.07) is 11.2. The van der Waals surface area contributed by atoms with Gasteiger partial charge in [-0.25, -0.2) is 0 Å². The minimum atomic E-state index is 0.0254. The van der Waals surface area contributed by atoms with Crippen LogP contribution >= 0.6 is 0 Å². The number of rotatable bonds is 4. The smallest absolute Gasteiger partial charge is 0.315 e. The largest absolute Gasteiger partial charge is 0.466 e. The molecule has 2 aliphatic rings. The molecular formula is C17H24NO2+. The summed E-state index contributed by atoms with van der Waals surface area (Å²) in [6.45, 7) is 8.00. The van der Waals surface area contributed by atoms with E-state index in [9.17, 15) is 4.79 Å². The van der Waals surface area contributed by atoms with Gasteiger partial charge >= 0.3 is 5.97 Å². The Morgan fingerprint density at radius 2 is 2.10 bits per heavy atom. The lowest BCUT2D eigenvalue weighted by molar-refractivity contribution is -0.938. The van der Waals surface area contributed by atoms with E-state index < -0.39 is 0 Å². The molecule has 0 radical (unpaired) electrons. The normalized spacial score (nSPS) is 33.1. The zero-order valence-electron chi connectivity index (χ0n) is 12.4. The van der Waals surface area contributed by atoms with Gasteiger partial charge in [0, 0.05) is 17.9 Å². The second kappa shape index (κ2) is 5.21. The molecule has 2 saturated heterocycles. The second-order valence-electron chi connectivity index (χ2n) is 6.30. The number of quaternary nitrogens is 1. The summed E-state index contributed by atoms with van der Waals surface area (Å²) in [6.07, 6.45) is 1.17. The Labute approximate surface area is 121 Å². The third-order valence-corrected chi connectivity index (χ3v) is 5.37. The predicted molar refractivity (Wildman–Crippen MR) is 77.9 cm³/mol. The van der Waals surface area contributed by atoms with Gasteiger partial charge in [0.1, 0.15) is 12.0 Å². The SMILES string of the molecule is CCOC(=O)[C@@H]1C[N@+]2([C@H](C)c3ccccc3)CC[C@H]1C2. The van der Waals surface area contributed by atoms with Crippen LogP contribution in [0, 0.1) is 11.8 Å². The predicted octanol–water partition coefficient (Wildman–Crippen LogP) is 2.78. The molecule has 0 N–H and O–H groups in total. The number of fused-ring (bicyclic) bond motifs is 2. The number of nitrogens with zero attached hydrogens (tertiary/aromatic N) is 1.